The fourth-order valence-electron chi connectivity index (χ4n) is 3.15. The highest BCUT2D eigenvalue weighted by atomic mass is 32.1. The van der Waals surface area contributed by atoms with E-state index in [4.69, 9.17) is 9.84 Å². The van der Waals surface area contributed by atoms with Crippen molar-refractivity contribution in [2.75, 3.05) is 20.6 Å². The smallest absolute Gasteiger partial charge is 0.303 e. The van der Waals surface area contributed by atoms with E-state index in [1.54, 1.807) is 11.3 Å². The Morgan fingerprint density at radius 1 is 1.35 bits per heavy atom. The van der Waals surface area contributed by atoms with Gasteiger partial charge in [-0.2, -0.15) is 0 Å². The number of rotatable bonds is 7. The van der Waals surface area contributed by atoms with Gasteiger partial charge in [0.25, 0.3) is 0 Å². The molecule has 0 atom stereocenters. The molecule has 4 nitrogen and oxygen atoms in total. The van der Waals surface area contributed by atoms with Crippen molar-refractivity contribution in [3.05, 3.63) is 57.3 Å². The summed E-state index contributed by atoms with van der Waals surface area (Å²) in [6, 6.07) is 8.40. The molecule has 0 unspecified atom stereocenters. The van der Waals surface area contributed by atoms with Gasteiger partial charge in [0.05, 0.1) is 0 Å². The van der Waals surface area contributed by atoms with Crippen LogP contribution < -0.4 is 4.74 Å². The molecular formula is C21H25NO3S. The predicted octanol–water partition coefficient (Wildman–Crippen LogP) is 4.43. The fourth-order valence-corrected chi connectivity index (χ4v) is 4.11. The first-order chi connectivity index (χ1) is 12.5. The van der Waals surface area contributed by atoms with Crippen LogP contribution in [0.15, 0.2) is 35.7 Å². The van der Waals surface area contributed by atoms with Crippen molar-refractivity contribution < 1.29 is 14.6 Å². The van der Waals surface area contributed by atoms with Crippen LogP contribution in [0.5, 0.6) is 5.75 Å². The summed E-state index contributed by atoms with van der Waals surface area (Å²) in [7, 11) is 4.17. The second-order valence-electron chi connectivity index (χ2n) is 6.85. The normalized spacial score (nSPS) is 14.7. The van der Waals surface area contributed by atoms with Gasteiger partial charge < -0.3 is 14.7 Å². The number of nitrogens with zero attached hydrogens (tertiary/aromatic N) is 1. The van der Waals surface area contributed by atoms with Gasteiger partial charge in [-0.1, -0.05) is 12.1 Å². The van der Waals surface area contributed by atoms with Crippen molar-refractivity contribution in [3.63, 3.8) is 0 Å². The summed E-state index contributed by atoms with van der Waals surface area (Å²) in [4.78, 5) is 14.2. The molecule has 0 saturated carbocycles. The zero-order chi connectivity index (χ0) is 18.5. The average molecular weight is 372 g/mol. The molecular weight excluding hydrogens is 346 g/mol. The standard InChI is InChI=1S/C21H25NO3S/c1-22(2)11-4-6-17-18-13-15(5-3-7-20(23)24)8-9-19(18)25-14-16-10-12-26-21(16)17/h6,8-10,12-13H,3-5,7,11,14H2,1-2H3,(H,23,24)/b17-6+. The summed E-state index contributed by atoms with van der Waals surface area (Å²) >= 11 is 1.76. The van der Waals surface area contributed by atoms with Gasteiger partial charge in [0.15, 0.2) is 0 Å². The van der Waals surface area contributed by atoms with E-state index in [1.807, 2.05) is 6.07 Å². The molecule has 1 aromatic heterocycles. The van der Waals surface area contributed by atoms with Gasteiger partial charge in [-0.05, 0) is 68.1 Å². The number of thiophene rings is 1. The number of carboxylic acids is 1. The molecule has 3 rings (SSSR count). The topological polar surface area (TPSA) is 49.8 Å². The summed E-state index contributed by atoms with van der Waals surface area (Å²) in [5.41, 5.74) is 4.75. The molecule has 0 aliphatic carbocycles. The molecule has 0 fully saturated rings. The lowest BCUT2D eigenvalue weighted by molar-refractivity contribution is -0.137. The molecule has 5 heteroatoms. The molecule has 1 aliphatic heterocycles. The first-order valence-corrected chi connectivity index (χ1v) is 9.82. The van der Waals surface area contributed by atoms with Crippen molar-refractivity contribution in [2.45, 2.75) is 32.3 Å². The summed E-state index contributed by atoms with van der Waals surface area (Å²) < 4.78 is 6.05. The number of aliphatic carboxylic acids is 1. The molecule has 0 radical (unpaired) electrons. The van der Waals surface area contributed by atoms with E-state index < -0.39 is 5.97 Å². The van der Waals surface area contributed by atoms with Gasteiger partial charge in [-0.25, -0.2) is 0 Å². The zero-order valence-corrected chi connectivity index (χ0v) is 16.1. The van der Waals surface area contributed by atoms with Crippen LogP contribution in [0.4, 0.5) is 0 Å². The van der Waals surface area contributed by atoms with E-state index in [0.29, 0.717) is 13.0 Å². The van der Waals surface area contributed by atoms with Crippen LogP contribution >= 0.6 is 11.3 Å². The molecule has 2 aromatic rings. The van der Waals surface area contributed by atoms with Gasteiger partial charge in [0.1, 0.15) is 12.4 Å². The lowest BCUT2D eigenvalue weighted by Crippen LogP contribution is -2.12. The molecule has 0 amide bonds. The Labute approximate surface area is 158 Å². The van der Waals surface area contributed by atoms with Gasteiger partial charge in [0.2, 0.25) is 0 Å². The first kappa shape index (κ1) is 18.7. The summed E-state index contributed by atoms with van der Waals surface area (Å²) in [6.07, 6.45) is 4.90. The maximum absolute atomic E-state index is 10.8. The Bertz CT molecular complexity index is 807. The molecule has 0 spiro atoms. The van der Waals surface area contributed by atoms with Crippen LogP contribution in [0.3, 0.4) is 0 Å². The summed E-state index contributed by atoms with van der Waals surface area (Å²) in [5, 5.41) is 11.0. The predicted molar refractivity (Wildman–Crippen MR) is 106 cm³/mol. The quantitative estimate of drug-likeness (QED) is 0.782. The SMILES string of the molecule is CN(C)CC/C=C1\c2cc(CCCC(=O)O)ccc2OCc2ccsc21. The Hall–Kier alpha value is -2.11. The summed E-state index contributed by atoms with van der Waals surface area (Å²) in [5.74, 6) is 0.169. The molecule has 2 heterocycles. The number of ether oxygens (including phenoxy) is 1. The largest absolute Gasteiger partial charge is 0.488 e. The number of carbonyl (C=O) groups is 1. The number of fused-ring (bicyclic) bond motifs is 2. The molecule has 26 heavy (non-hydrogen) atoms. The average Bonchev–Trinajstić information content (AvgIpc) is 3.00. The van der Waals surface area contributed by atoms with Crippen LogP contribution in [0.25, 0.3) is 5.57 Å². The van der Waals surface area contributed by atoms with Crippen LogP contribution in [0.2, 0.25) is 0 Å². The van der Waals surface area contributed by atoms with E-state index in [-0.39, 0.29) is 6.42 Å². The Morgan fingerprint density at radius 2 is 2.19 bits per heavy atom. The second kappa shape index (κ2) is 8.52. The number of hydrogen-bond donors (Lipinski definition) is 1. The highest BCUT2D eigenvalue weighted by Crippen LogP contribution is 2.40. The molecule has 1 N–H and O–H groups in total. The van der Waals surface area contributed by atoms with Gasteiger partial charge in [0, 0.05) is 29.0 Å². The lowest BCUT2D eigenvalue weighted by Gasteiger charge is -2.13. The first-order valence-electron chi connectivity index (χ1n) is 8.94. The van der Waals surface area contributed by atoms with Crippen LogP contribution in [-0.4, -0.2) is 36.6 Å². The zero-order valence-electron chi connectivity index (χ0n) is 15.3. The van der Waals surface area contributed by atoms with Gasteiger partial charge >= 0.3 is 5.97 Å². The Kier molecular flexibility index (Phi) is 6.12. The highest BCUT2D eigenvalue weighted by molar-refractivity contribution is 7.11. The van der Waals surface area contributed by atoms with Crippen molar-refractivity contribution in [1.29, 1.82) is 0 Å². The Morgan fingerprint density at radius 3 is 2.96 bits per heavy atom. The van der Waals surface area contributed by atoms with Crippen LogP contribution in [0.1, 0.15) is 40.8 Å². The molecule has 0 saturated heterocycles. The van der Waals surface area contributed by atoms with Crippen LogP contribution in [-0.2, 0) is 17.8 Å². The van der Waals surface area contributed by atoms with Crippen molar-refractivity contribution in [1.82, 2.24) is 4.90 Å². The third-order valence-electron chi connectivity index (χ3n) is 4.49. The van der Waals surface area contributed by atoms with E-state index >= 15 is 0 Å². The van der Waals surface area contributed by atoms with Crippen molar-refractivity contribution >= 4 is 22.9 Å². The number of benzene rings is 1. The minimum Gasteiger partial charge on any atom is -0.488 e. The third kappa shape index (κ3) is 4.54. The molecule has 138 valence electrons. The molecule has 1 aliphatic rings. The highest BCUT2D eigenvalue weighted by Gasteiger charge is 2.20. The monoisotopic (exact) mass is 371 g/mol. The van der Waals surface area contributed by atoms with E-state index in [9.17, 15) is 4.79 Å². The summed E-state index contributed by atoms with van der Waals surface area (Å²) in [6.45, 7) is 1.59. The minimum atomic E-state index is -0.740. The number of aryl methyl sites for hydroxylation is 1. The van der Waals surface area contributed by atoms with E-state index in [1.165, 1.54) is 16.0 Å². The second-order valence-corrected chi connectivity index (χ2v) is 7.77. The number of hydrogen-bond acceptors (Lipinski definition) is 4. The molecule has 1 aromatic carbocycles. The van der Waals surface area contributed by atoms with E-state index in [2.05, 4.69) is 48.7 Å². The molecule has 0 bridgehead atoms. The van der Waals surface area contributed by atoms with Gasteiger partial charge in [-0.3, -0.25) is 4.79 Å². The van der Waals surface area contributed by atoms with Gasteiger partial charge in [-0.15, -0.1) is 11.3 Å². The van der Waals surface area contributed by atoms with Crippen molar-refractivity contribution in [2.24, 2.45) is 0 Å². The third-order valence-corrected chi connectivity index (χ3v) is 5.48. The van der Waals surface area contributed by atoms with Crippen LogP contribution in [0, 0.1) is 0 Å². The maximum Gasteiger partial charge on any atom is 0.303 e. The fraction of sp³-hybridized carbons (Fsp3) is 0.381. The number of carboxylic acid groups (broad SMARTS) is 1. The lowest BCUT2D eigenvalue weighted by atomic mass is 9.97. The maximum atomic E-state index is 10.8. The van der Waals surface area contributed by atoms with E-state index in [0.717, 1.165) is 36.3 Å². The Balaban J connectivity index is 1.92. The van der Waals surface area contributed by atoms with Crippen molar-refractivity contribution in [3.8, 4) is 5.75 Å². The minimum absolute atomic E-state index is 0.203.